The standard InChI is InChI=1S/C13H21BrN2OS/c1-15-5-6-16(2)10(9-15)7-11(17)8-12-3-4-13(14)18-12/h3-4,10-11,17H,5-9H2,1-2H3. The van der Waals surface area contributed by atoms with Gasteiger partial charge in [-0.05, 0) is 48.6 Å². The molecule has 0 aliphatic carbocycles. The molecule has 2 rings (SSSR count). The molecule has 3 nitrogen and oxygen atoms in total. The van der Waals surface area contributed by atoms with Crippen molar-refractivity contribution in [3.05, 3.63) is 20.8 Å². The first-order valence-electron chi connectivity index (χ1n) is 6.35. The largest absolute Gasteiger partial charge is 0.393 e. The van der Waals surface area contributed by atoms with Gasteiger partial charge in [0.2, 0.25) is 0 Å². The van der Waals surface area contributed by atoms with Gasteiger partial charge in [0.1, 0.15) is 0 Å². The van der Waals surface area contributed by atoms with E-state index < -0.39 is 0 Å². The summed E-state index contributed by atoms with van der Waals surface area (Å²) in [5.74, 6) is 0. The van der Waals surface area contributed by atoms with Crippen molar-refractivity contribution < 1.29 is 5.11 Å². The van der Waals surface area contributed by atoms with E-state index >= 15 is 0 Å². The zero-order chi connectivity index (χ0) is 13.1. The first-order chi connectivity index (χ1) is 8.54. The van der Waals surface area contributed by atoms with E-state index in [0.717, 1.165) is 36.3 Å². The molecule has 18 heavy (non-hydrogen) atoms. The smallest absolute Gasteiger partial charge is 0.0701 e. The third kappa shape index (κ3) is 4.03. The number of rotatable bonds is 4. The van der Waals surface area contributed by atoms with Gasteiger partial charge in [-0.1, -0.05) is 0 Å². The summed E-state index contributed by atoms with van der Waals surface area (Å²) in [6.07, 6.45) is 1.38. The van der Waals surface area contributed by atoms with Crippen LogP contribution in [0.15, 0.2) is 15.9 Å². The maximum atomic E-state index is 10.2. The van der Waals surface area contributed by atoms with Gasteiger partial charge in [-0.15, -0.1) is 11.3 Å². The molecule has 0 spiro atoms. The number of aliphatic hydroxyl groups excluding tert-OH is 1. The Labute approximate surface area is 122 Å². The summed E-state index contributed by atoms with van der Waals surface area (Å²) in [7, 11) is 4.31. The minimum atomic E-state index is -0.241. The Hall–Kier alpha value is 0.0600. The maximum Gasteiger partial charge on any atom is 0.0701 e. The second-order valence-corrected chi connectivity index (χ2v) is 7.74. The molecule has 5 heteroatoms. The lowest BCUT2D eigenvalue weighted by atomic mass is 10.0. The highest BCUT2D eigenvalue weighted by Crippen LogP contribution is 2.24. The zero-order valence-corrected chi connectivity index (χ0v) is 13.4. The molecule has 0 bridgehead atoms. The number of nitrogens with zero attached hydrogens (tertiary/aromatic N) is 2. The van der Waals surface area contributed by atoms with Crippen LogP contribution in [0.2, 0.25) is 0 Å². The van der Waals surface area contributed by atoms with Crippen molar-refractivity contribution in [1.82, 2.24) is 9.80 Å². The molecule has 0 amide bonds. The van der Waals surface area contributed by atoms with Crippen LogP contribution in [0.1, 0.15) is 11.3 Å². The normalized spacial score (nSPS) is 24.3. The van der Waals surface area contributed by atoms with Crippen LogP contribution in [0, 0.1) is 0 Å². The SMILES string of the molecule is CN1CCN(C)C(CC(O)Cc2ccc(Br)s2)C1. The third-order valence-corrected chi connectivity index (χ3v) is 5.24. The molecule has 2 atom stereocenters. The molecular weight excluding hydrogens is 312 g/mol. The number of thiophene rings is 1. The molecule has 2 unspecified atom stereocenters. The van der Waals surface area contributed by atoms with Crippen molar-refractivity contribution in [1.29, 1.82) is 0 Å². The molecule has 1 fully saturated rings. The van der Waals surface area contributed by atoms with E-state index in [4.69, 9.17) is 0 Å². The number of likely N-dealkylation sites (N-methyl/N-ethyl adjacent to an activating group) is 2. The summed E-state index contributed by atoms with van der Waals surface area (Å²) in [6.45, 7) is 3.28. The van der Waals surface area contributed by atoms with E-state index in [1.807, 2.05) is 6.07 Å². The lowest BCUT2D eigenvalue weighted by Crippen LogP contribution is -2.51. The van der Waals surface area contributed by atoms with E-state index in [1.54, 1.807) is 11.3 Å². The first-order valence-corrected chi connectivity index (χ1v) is 7.96. The van der Waals surface area contributed by atoms with Crippen molar-refractivity contribution in [3.8, 4) is 0 Å². The molecule has 1 aromatic rings. The van der Waals surface area contributed by atoms with Crippen molar-refractivity contribution in [2.45, 2.75) is 25.0 Å². The van der Waals surface area contributed by atoms with Crippen LogP contribution in [-0.4, -0.2) is 60.8 Å². The highest BCUT2D eigenvalue weighted by Gasteiger charge is 2.24. The fourth-order valence-corrected chi connectivity index (χ4v) is 4.00. The Balaban J connectivity index is 1.84. The molecule has 1 aromatic heterocycles. The Bertz CT molecular complexity index is 385. The summed E-state index contributed by atoms with van der Waals surface area (Å²) in [6, 6.07) is 4.62. The Morgan fingerprint density at radius 1 is 1.44 bits per heavy atom. The van der Waals surface area contributed by atoms with Crippen molar-refractivity contribution in [3.63, 3.8) is 0 Å². The average molecular weight is 333 g/mol. The predicted molar refractivity (Wildman–Crippen MR) is 80.3 cm³/mol. The van der Waals surface area contributed by atoms with Crippen LogP contribution < -0.4 is 0 Å². The lowest BCUT2D eigenvalue weighted by molar-refractivity contribution is 0.0642. The predicted octanol–water partition coefficient (Wildman–Crippen LogP) is 2.05. The van der Waals surface area contributed by atoms with E-state index in [0.29, 0.717) is 6.04 Å². The summed E-state index contributed by atoms with van der Waals surface area (Å²) >= 11 is 5.17. The van der Waals surface area contributed by atoms with Crippen LogP contribution in [0.3, 0.4) is 0 Å². The number of hydrogen-bond acceptors (Lipinski definition) is 4. The molecule has 1 aliphatic heterocycles. The summed E-state index contributed by atoms with van der Waals surface area (Å²) in [5.41, 5.74) is 0. The average Bonchev–Trinajstić information content (AvgIpc) is 2.69. The molecule has 0 radical (unpaired) electrons. The second kappa shape index (κ2) is 6.48. The van der Waals surface area contributed by atoms with Gasteiger partial charge < -0.3 is 14.9 Å². The van der Waals surface area contributed by atoms with Gasteiger partial charge >= 0.3 is 0 Å². The fourth-order valence-electron chi connectivity index (χ4n) is 2.45. The molecule has 1 N–H and O–H groups in total. The highest BCUT2D eigenvalue weighted by atomic mass is 79.9. The van der Waals surface area contributed by atoms with E-state index in [9.17, 15) is 5.11 Å². The molecule has 2 heterocycles. The molecule has 102 valence electrons. The monoisotopic (exact) mass is 332 g/mol. The molecular formula is C13H21BrN2OS. The summed E-state index contributed by atoms with van der Waals surface area (Å²) in [5, 5.41) is 10.2. The minimum absolute atomic E-state index is 0.241. The zero-order valence-electron chi connectivity index (χ0n) is 11.0. The molecule has 1 aliphatic rings. The third-order valence-electron chi connectivity index (χ3n) is 3.59. The highest BCUT2D eigenvalue weighted by molar-refractivity contribution is 9.11. The topological polar surface area (TPSA) is 26.7 Å². The van der Waals surface area contributed by atoms with Crippen molar-refractivity contribution in [2.24, 2.45) is 0 Å². The number of halogens is 1. The van der Waals surface area contributed by atoms with Crippen LogP contribution in [0.4, 0.5) is 0 Å². The maximum absolute atomic E-state index is 10.2. The van der Waals surface area contributed by atoms with Crippen molar-refractivity contribution in [2.75, 3.05) is 33.7 Å². The van der Waals surface area contributed by atoms with Crippen LogP contribution in [-0.2, 0) is 6.42 Å². The molecule has 0 aromatic carbocycles. The Morgan fingerprint density at radius 3 is 2.89 bits per heavy atom. The van der Waals surface area contributed by atoms with Gasteiger partial charge in [0, 0.05) is 37.0 Å². The van der Waals surface area contributed by atoms with Crippen LogP contribution in [0.5, 0.6) is 0 Å². The first kappa shape index (κ1) is 14.5. The van der Waals surface area contributed by atoms with Gasteiger partial charge in [0.25, 0.3) is 0 Å². The van der Waals surface area contributed by atoms with Gasteiger partial charge in [-0.2, -0.15) is 0 Å². The van der Waals surface area contributed by atoms with Crippen LogP contribution in [0.25, 0.3) is 0 Å². The van der Waals surface area contributed by atoms with E-state index in [-0.39, 0.29) is 6.10 Å². The van der Waals surface area contributed by atoms with Crippen molar-refractivity contribution >= 4 is 27.3 Å². The molecule has 1 saturated heterocycles. The van der Waals surface area contributed by atoms with Gasteiger partial charge in [0.05, 0.1) is 9.89 Å². The van der Waals surface area contributed by atoms with E-state index in [1.165, 1.54) is 4.88 Å². The number of hydrogen-bond donors (Lipinski definition) is 1. The number of piperazine rings is 1. The Morgan fingerprint density at radius 2 is 2.22 bits per heavy atom. The van der Waals surface area contributed by atoms with Crippen LogP contribution >= 0.6 is 27.3 Å². The van der Waals surface area contributed by atoms with Gasteiger partial charge in [0.15, 0.2) is 0 Å². The minimum Gasteiger partial charge on any atom is -0.393 e. The Kier molecular flexibility index (Phi) is 5.21. The van der Waals surface area contributed by atoms with Gasteiger partial charge in [-0.25, -0.2) is 0 Å². The summed E-state index contributed by atoms with van der Waals surface area (Å²) in [4.78, 5) is 5.97. The quantitative estimate of drug-likeness (QED) is 0.914. The summed E-state index contributed by atoms with van der Waals surface area (Å²) < 4.78 is 1.14. The van der Waals surface area contributed by atoms with Gasteiger partial charge in [-0.3, -0.25) is 0 Å². The van der Waals surface area contributed by atoms with E-state index in [2.05, 4.69) is 45.9 Å². The lowest BCUT2D eigenvalue weighted by Gasteiger charge is -2.38. The molecule has 0 saturated carbocycles. The number of aliphatic hydroxyl groups is 1. The second-order valence-electron chi connectivity index (χ2n) is 5.20. The fraction of sp³-hybridized carbons (Fsp3) is 0.692.